The summed E-state index contributed by atoms with van der Waals surface area (Å²) in [4.78, 5) is 24.3. The lowest BCUT2D eigenvalue weighted by Crippen LogP contribution is -2.17. The van der Waals surface area contributed by atoms with Crippen LogP contribution in [0, 0.1) is 0 Å². The molecule has 0 aliphatic heterocycles. The minimum absolute atomic E-state index is 0.0491. The van der Waals surface area contributed by atoms with E-state index < -0.39 is 21.7 Å². The van der Waals surface area contributed by atoms with Crippen LogP contribution in [0.3, 0.4) is 0 Å². The summed E-state index contributed by atoms with van der Waals surface area (Å²) in [6.45, 7) is 0.401. The molecule has 0 heterocycles. The van der Waals surface area contributed by atoms with E-state index in [0.29, 0.717) is 42.1 Å². The summed E-state index contributed by atoms with van der Waals surface area (Å²) in [7, 11) is -3.84. The third-order valence-corrected chi connectivity index (χ3v) is 8.35. The Hall–Kier alpha value is -5.61. The zero-order valence-corrected chi connectivity index (χ0v) is 25.5. The van der Waals surface area contributed by atoms with Crippen LogP contribution in [0.15, 0.2) is 121 Å². The molecule has 46 heavy (non-hydrogen) atoms. The molecule has 0 saturated heterocycles. The molecular formula is C36H32N2O7S. The first-order valence-electron chi connectivity index (χ1n) is 14.5. The number of aromatic hydroxyl groups is 1. The maximum atomic E-state index is 12.8. The SMILES string of the molecule is O=C(Nc1cccc(OCCCc2cccc(NS(=O)(=O)Cc3ccccc3C(=O)O)c2)c1)c1ccc(-c2ccc(O)cc2)cc1. The monoisotopic (exact) mass is 636 g/mol. The van der Waals surface area contributed by atoms with E-state index in [2.05, 4.69) is 10.0 Å². The highest BCUT2D eigenvalue weighted by atomic mass is 32.2. The van der Waals surface area contributed by atoms with Crippen LogP contribution in [0.4, 0.5) is 11.4 Å². The van der Waals surface area contributed by atoms with Crippen molar-refractivity contribution in [3.8, 4) is 22.6 Å². The van der Waals surface area contributed by atoms with Crippen molar-refractivity contribution >= 4 is 33.3 Å². The maximum Gasteiger partial charge on any atom is 0.335 e. The number of carboxylic acid groups (broad SMARTS) is 1. The Labute approximate surface area is 267 Å². The molecule has 0 radical (unpaired) electrons. The summed E-state index contributed by atoms with van der Waals surface area (Å²) in [6, 6.07) is 34.2. The van der Waals surface area contributed by atoms with Crippen LogP contribution in [0.25, 0.3) is 11.1 Å². The number of aryl methyl sites for hydroxylation is 1. The van der Waals surface area contributed by atoms with Gasteiger partial charge in [0, 0.05) is 23.0 Å². The van der Waals surface area contributed by atoms with Gasteiger partial charge in [0.05, 0.1) is 17.9 Å². The highest BCUT2D eigenvalue weighted by molar-refractivity contribution is 7.91. The number of carboxylic acids is 1. The van der Waals surface area contributed by atoms with E-state index in [1.54, 1.807) is 78.9 Å². The van der Waals surface area contributed by atoms with E-state index in [1.807, 2.05) is 30.3 Å². The zero-order chi connectivity index (χ0) is 32.5. The van der Waals surface area contributed by atoms with Crippen molar-refractivity contribution in [3.63, 3.8) is 0 Å². The molecule has 0 aliphatic rings. The van der Waals surface area contributed by atoms with E-state index in [9.17, 15) is 28.2 Å². The Kier molecular flexibility index (Phi) is 9.99. The van der Waals surface area contributed by atoms with E-state index >= 15 is 0 Å². The number of amides is 1. The summed E-state index contributed by atoms with van der Waals surface area (Å²) in [5.41, 5.74) is 4.42. The molecular weight excluding hydrogens is 604 g/mol. The topological polar surface area (TPSA) is 142 Å². The Morgan fingerprint density at radius 3 is 2.15 bits per heavy atom. The van der Waals surface area contributed by atoms with Crippen molar-refractivity contribution < 1.29 is 33.0 Å². The first kappa shape index (κ1) is 31.8. The zero-order valence-electron chi connectivity index (χ0n) is 24.7. The largest absolute Gasteiger partial charge is 0.508 e. The number of rotatable bonds is 13. The molecule has 0 bridgehead atoms. The van der Waals surface area contributed by atoms with Crippen molar-refractivity contribution in [2.45, 2.75) is 18.6 Å². The second-order valence-corrected chi connectivity index (χ2v) is 12.3. The fraction of sp³-hybridized carbons (Fsp3) is 0.111. The number of carbonyl (C=O) groups is 2. The number of nitrogens with one attached hydrogen (secondary N) is 2. The minimum Gasteiger partial charge on any atom is -0.508 e. The second-order valence-electron chi connectivity index (χ2n) is 10.6. The van der Waals surface area contributed by atoms with Crippen LogP contribution in [-0.4, -0.2) is 37.1 Å². The smallest absolute Gasteiger partial charge is 0.335 e. The van der Waals surface area contributed by atoms with Gasteiger partial charge >= 0.3 is 5.97 Å². The molecule has 4 N–H and O–H groups in total. The molecule has 0 fully saturated rings. The van der Waals surface area contributed by atoms with Gasteiger partial charge in [-0.3, -0.25) is 9.52 Å². The molecule has 10 heteroatoms. The quantitative estimate of drug-likeness (QED) is 0.102. The maximum absolute atomic E-state index is 12.8. The van der Waals surface area contributed by atoms with E-state index in [1.165, 1.54) is 12.1 Å². The van der Waals surface area contributed by atoms with Crippen LogP contribution in [0.2, 0.25) is 0 Å². The molecule has 0 unspecified atom stereocenters. The first-order chi connectivity index (χ1) is 22.1. The lowest BCUT2D eigenvalue weighted by atomic mass is 10.0. The molecule has 5 aromatic rings. The van der Waals surface area contributed by atoms with E-state index in [4.69, 9.17) is 4.74 Å². The number of phenolic OH excluding ortho intramolecular Hbond substituents is 1. The number of benzene rings is 5. The Morgan fingerprint density at radius 2 is 1.41 bits per heavy atom. The molecule has 9 nitrogen and oxygen atoms in total. The summed E-state index contributed by atoms with van der Waals surface area (Å²) in [5, 5.41) is 21.7. The minimum atomic E-state index is -3.84. The molecule has 0 aromatic heterocycles. The van der Waals surface area contributed by atoms with Gasteiger partial charge in [0.2, 0.25) is 10.0 Å². The van der Waals surface area contributed by atoms with Crippen LogP contribution < -0.4 is 14.8 Å². The Balaban J connectivity index is 1.10. The Morgan fingerprint density at radius 1 is 0.739 bits per heavy atom. The van der Waals surface area contributed by atoms with Crippen molar-refractivity contribution in [2.24, 2.45) is 0 Å². The molecule has 0 spiro atoms. The van der Waals surface area contributed by atoms with Gasteiger partial charge < -0.3 is 20.3 Å². The van der Waals surface area contributed by atoms with Gasteiger partial charge in [-0.25, -0.2) is 13.2 Å². The molecule has 0 atom stereocenters. The number of carbonyl (C=O) groups excluding carboxylic acids is 1. The fourth-order valence-electron chi connectivity index (χ4n) is 4.87. The predicted octanol–water partition coefficient (Wildman–Crippen LogP) is 6.96. The number of ether oxygens (including phenoxy) is 1. The van der Waals surface area contributed by atoms with Crippen molar-refractivity contribution in [1.82, 2.24) is 0 Å². The summed E-state index contributed by atoms with van der Waals surface area (Å²) in [6.07, 6.45) is 1.29. The van der Waals surface area contributed by atoms with Crippen LogP contribution in [0.1, 0.15) is 38.3 Å². The number of hydrogen-bond acceptors (Lipinski definition) is 6. The molecule has 5 rings (SSSR count). The number of aromatic carboxylic acids is 1. The second kappa shape index (κ2) is 14.4. The number of anilines is 2. The van der Waals surface area contributed by atoms with E-state index in [0.717, 1.165) is 16.7 Å². The highest BCUT2D eigenvalue weighted by Gasteiger charge is 2.17. The van der Waals surface area contributed by atoms with Crippen molar-refractivity contribution in [3.05, 3.63) is 144 Å². The van der Waals surface area contributed by atoms with Gasteiger partial charge in [0.1, 0.15) is 11.5 Å². The number of sulfonamides is 1. The molecule has 5 aromatic carbocycles. The normalized spacial score (nSPS) is 11.0. The predicted molar refractivity (Wildman–Crippen MR) is 178 cm³/mol. The molecule has 0 saturated carbocycles. The summed E-state index contributed by atoms with van der Waals surface area (Å²) >= 11 is 0. The van der Waals surface area contributed by atoms with Crippen LogP contribution >= 0.6 is 0 Å². The van der Waals surface area contributed by atoms with Gasteiger partial charge in [0.15, 0.2) is 0 Å². The number of hydrogen-bond donors (Lipinski definition) is 4. The standard InChI is InChI=1S/C36H32N2O7S/c39-32-19-17-27(18-20-32)26-13-15-28(16-14-26)35(40)37-30-9-4-11-33(23-30)45-21-5-7-25-6-3-10-31(22-25)38-46(43,44)24-29-8-1-2-12-34(29)36(41)42/h1-4,6,8-20,22-23,38-39H,5,7,21,24H2,(H,37,40)(H,41,42). The molecule has 0 aliphatic carbocycles. The van der Waals surface area contributed by atoms with Crippen LogP contribution in [-0.2, 0) is 22.2 Å². The average Bonchev–Trinajstić information content (AvgIpc) is 3.04. The van der Waals surface area contributed by atoms with Gasteiger partial charge in [-0.1, -0.05) is 60.7 Å². The molecule has 234 valence electrons. The van der Waals surface area contributed by atoms with Gasteiger partial charge in [-0.15, -0.1) is 0 Å². The van der Waals surface area contributed by atoms with Gasteiger partial charge in [-0.05, 0) is 89.7 Å². The number of phenols is 1. The average molecular weight is 637 g/mol. The molecule has 1 amide bonds. The Bertz CT molecular complexity index is 1940. The third kappa shape index (κ3) is 8.73. The van der Waals surface area contributed by atoms with Gasteiger partial charge in [-0.2, -0.15) is 0 Å². The van der Waals surface area contributed by atoms with E-state index in [-0.39, 0.29) is 22.8 Å². The third-order valence-electron chi connectivity index (χ3n) is 7.11. The van der Waals surface area contributed by atoms with Crippen LogP contribution in [0.5, 0.6) is 11.5 Å². The highest BCUT2D eigenvalue weighted by Crippen LogP contribution is 2.24. The summed E-state index contributed by atoms with van der Waals surface area (Å²) in [5.74, 6) is -1.10. The summed E-state index contributed by atoms with van der Waals surface area (Å²) < 4.78 is 34.0. The fourth-order valence-corrected chi connectivity index (χ4v) is 6.09. The lowest BCUT2D eigenvalue weighted by molar-refractivity contribution is 0.0695. The lowest BCUT2D eigenvalue weighted by Gasteiger charge is -2.12. The van der Waals surface area contributed by atoms with Crippen molar-refractivity contribution in [2.75, 3.05) is 16.6 Å². The van der Waals surface area contributed by atoms with Crippen molar-refractivity contribution in [1.29, 1.82) is 0 Å². The first-order valence-corrected chi connectivity index (χ1v) is 16.1. The van der Waals surface area contributed by atoms with Gasteiger partial charge in [0.25, 0.3) is 5.91 Å².